The Labute approximate surface area is 153 Å². The quantitative estimate of drug-likeness (QED) is 0.729. The number of benzene rings is 1. The van der Waals surface area contributed by atoms with Gasteiger partial charge in [-0.05, 0) is 30.5 Å². The van der Waals surface area contributed by atoms with Gasteiger partial charge in [-0.2, -0.15) is 0 Å². The molecule has 3 aromatic rings. The van der Waals surface area contributed by atoms with Gasteiger partial charge < -0.3 is 4.90 Å². The molecule has 1 aromatic carbocycles. The Morgan fingerprint density at radius 2 is 2.00 bits per heavy atom. The molecule has 0 aliphatic carbocycles. The van der Waals surface area contributed by atoms with E-state index in [0.29, 0.717) is 6.42 Å². The van der Waals surface area contributed by atoms with Crippen molar-refractivity contribution in [3.05, 3.63) is 78.5 Å². The highest BCUT2D eigenvalue weighted by atomic mass is 16.2. The molecule has 26 heavy (non-hydrogen) atoms. The van der Waals surface area contributed by atoms with Crippen molar-refractivity contribution in [1.82, 2.24) is 19.4 Å². The van der Waals surface area contributed by atoms with Crippen molar-refractivity contribution in [2.75, 3.05) is 13.1 Å². The monoisotopic (exact) mass is 346 g/mol. The second kappa shape index (κ2) is 7.52. The largest absolute Gasteiger partial charge is 0.342 e. The molecule has 0 spiro atoms. The number of carbonyl (C=O) groups excluding carboxylic acids is 1. The molecule has 1 aliphatic heterocycles. The number of rotatable bonds is 4. The lowest BCUT2D eigenvalue weighted by Gasteiger charge is -2.32. The van der Waals surface area contributed by atoms with E-state index in [0.717, 1.165) is 43.0 Å². The molecular formula is C21H22N4O. The van der Waals surface area contributed by atoms with E-state index in [9.17, 15) is 4.79 Å². The van der Waals surface area contributed by atoms with Crippen molar-refractivity contribution in [2.45, 2.75) is 25.2 Å². The first-order valence-electron chi connectivity index (χ1n) is 9.06. The number of likely N-dealkylation sites (tertiary alicyclic amines) is 1. The van der Waals surface area contributed by atoms with Crippen LogP contribution in [-0.2, 0) is 11.2 Å². The summed E-state index contributed by atoms with van der Waals surface area (Å²) in [4.78, 5) is 23.6. The highest BCUT2D eigenvalue weighted by Gasteiger charge is 2.25. The van der Waals surface area contributed by atoms with Gasteiger partial charge in [-0.1, -0.05) is 36.4 Å². The molecule has 0 saturated carbocycles. The van der Waals surface area contributed by atoms with Crippen LogP contribution in [-0.4, -0.2) is 38.4 Å². The molecule has 1 amide bonds. The van der Waals surface area contributed by atoms with E-state index < -0.39 is 0 Å². The molecule has 0 N–H and O–H groups in total. The van der Waals surface area contributed by atoms with Crippen LogP contribution in [0.5, 0.6) is 0 Å². The summed E-state index contributed by atoms with van der Waals surface area (Å²) in [5.74, 6) is 1.35. The number of amides is 1. The van der Waals surface area contributed by atoms with E-state index >= 15 is 0 Å². The zero-order chi connectivity index (χ0) is 17.8. The molecule has 1 atom stereocenters. The maximum absolute atomic E-state index is 12.7. The summed E-state index contributed by atoms with van der Waals surface area (Å²) in [5.41, 5.74) is 2.12. The van der Waals surface area contributed by atoms with Crippen LogP contribution in [0.1, 0.15) is 30.0 Å². The summed E-state index contributed by atoms with van der Waals surface area (Å²) < 4.78 is 1.91. The van der Waals surface area contributed by atoms with E-state index in [4.69, 9.17) is 4.98 Å². The first-order chi connectivity index (χ1) is 12.8. The van der Waals surface area contributed by atoms with Crippen LogP contribution in [0.4, 0.5) is 0 Å². The second-order valence-electron chi connectivity index (χ2n) is 6.73. The van der Waals surface area contributed by atoms with Gasteiger partial charge in [0.25, 0.3) is 0 Å². The van der Waals surface area contributed by atoms with Crippen LogP contribution in [0.3, 0.4) is 0 Å². The third-order valence-electron chi connectivity index (χ3n) is 4.92. The molecular weight excluding hydrogens is 324 g/mol. The standard InChI is InChI=1S/C21H22N4O/c26-21(14-17-6-2-1-3-7-17)24-12-5-8-18(15-24)19-9-4-10-20(23-19)25-13-11-22-16-25/h1-4,6-7,9-11,13,16,18H,5,8,12,14-15H2/t18-/m0/s1. The van der Waals surface area contributed by atoms with E-state index in [2.05, 4.69) is 11.1 Å². The Hall–Kier alpha value is -2.95. The normalized spacial score (nSPS) is 17.2. The number of carbonyl (C=O) groups is 1. The molecule has 4 rings (SSSR count). The molecule has 1 saturated heterocycles. The first kappa shape index (κ1) is 16.5. The van der Waals surface area contributed by atoms with Crippen LogP contribution in [0.25, 0.3) is 5.82 Å². The Kier molecular flexibility index (Phi) is 4.78. The topological polar surface area (TPSA) is 51.0 Å². The Bertz CT molecular complexity index is 861. The van der Waals surface area contributed by atoms with Gasteiger partial charge >= 0.3 is 0 Å². The van der Waals surface area contributed by atoms with Crippen molar-refractivity contribution >= 4 is 5.91 Å². The van der Waals surface area contributed by atoms with Gasteiger partial charge in [0.2, 0.25) is 5.91 Å². The SMILES string of the molecule is O=C(Cc1ccccc1)N1CCC[C@H](c2cccc(-n3ccnc3)n2)C1. The lowest BCUT2D eigenvalue weighted by molar-refractivity contribution is -0.131. The van der Waals surface area contributed by atoms with Crippen molar-refractivity contribution in [2.24, 2.45) is 0 Å². The van der Waals surface area contributed by atoms with Gasteiger partial charge in [0.1, 0.15) is 12.1 Å². The fourth-order valence-corrected chi connectivity index (χ4v) is 3.53. The van der Waals surface area contributed by atoms with Crippen LogP contribution in [0.15, 0.2) is 67.3 Å². The summed E-state index contributed by atoms with van der Waals surface area (Å²) in [5, 5.41) is 0. The van der Waals surface area contributed by atoms with Gasteiger partial charge in [0.05, 0.1) is 6.42 Å². The zero-order valence-electron chi connectivity index (χ0n) is 14.7. The average molecular weight is 346 g/mol. The van der Waals surface area contributed by atoms with E-state index in [1.807, 2.05) is 58.1 Å². The Balaban J connectivity index is 1.47. The predicted molar refractivity (Wildman–Crippen MR) is 100 cm³/mol. The summed E-state index contributed by atoms with van der Waals surface area (Å²) in [7, 11) is 0. The summed E-state index contributed by atoms with van der Waals surface area (Å²) in [6.07, 6.45) is 7.94. The van der Waals surface area contributed by atoms with Crippen molar-refractivity contribution in [3.8, 4) is 5.82 Å². The molecule has 0 radical (unpaired) electrons. The van der Waals surface area contributed by atoms with Crippen molar-refractivity contribution in [1.29, 1.82) is 0 Å². The third-order valence-corrected chi connectivity index (χ3v) is 4.92. The van der Waals surface area contributed by atoms with E-state index in [1.165, 1.54) is 0 Å². The molecule has 2 aromatic heterocycles. The van der Waals surface area contributed by atoms with Gasteiger partial charge in [0.15, 0.2) is 0 Å². The number of imidazole rings is 1. The maximum Gasteiger partial charge on any atom is 0.227 e. The Morgan fingerprint density at radius 3 is 2.81 bits per heavy atom. The van der Waals surface area contributed by atoms with Gasteiger partial charge in [-0.15, -0.1) is 0 Å². The zero-order valence-corrected chi connectivity index (χ0v) is 14.7. The molecule has 1 aliphatic rings. The summed E-state index contributed by atoms with van der Waals surface area (Å²) in [6.45, 7) is 1.58. The lowest BCUT2D eigenvalue weighted by Crippen LogP contribution is -2.40. The third kappa shape index (κ3) is 3.67. The molecule has 0 bridgehead atoms. The minimum atomic E-state index is 0.201. The van der Waals surface area contributed by atoms with Crippen LogP contribution >= 0.6 is 0 Å². The van der Waals surface area contributed by atoms with Crippen molar-refractivity contribution in [3.63, 3.8) is 0 Å². The van der Waals surface area contributed by atoms with Gasteiger partial charge in [-0.3, -0.25) is 9.36 Å². The fourth-order valence-electron chi connectivity index (χ4n) is 3.53. The average Bonchev–Trinajstić information content (AvgIpc) is 3.24. The minimum absolute atomic E-state index is 0.201. The van der Waals surface area contributed by atoms with Crippen LogP contribution in [0, 0.1) is 0 Å². The van der Waals surface area contributed by atoms with Crippen LogP contribution in [0.2, 0.25) is 0 Å². The highest BCUT2D eigenvalue weighted by Crippen LogP contribution is 2.26. The maximum atomic E-state index is 12.7. The number of hydrogen-bond donors (Lipinski definition) is 0. The summed E-state index contributed by atoms with van der Waals surface area (Å²) >= 11 is 0. The van der Waals surface area contributed by atoms with E-state index in [1.54, 1.807) is 12.5 Å². The first-order valence-corrected chi connectivity index (χ1v) is 9.06. The summed E-state index contributed by atoms with van der Waals surface area (Å²) in [6, 6.07) is 16.0. The highest BCUT2D eigenvalue weighted by molar-refractivity contribution is 5.79. The molecule has 5 nitrogen and oxygen atoms in total. The molecule has 3 heterocycles. The minimum Gasteiger partial charge on any atom is -0.342 e. The number of piperidine rings is 1. The number of hydrogen-bond acceptors (Lipinski definition) is 3. The van der Waals surface area contributed by atoms with Gasteiger partial charge in [0, 0.05) is 37.1 Å². The second-order valence-corrected chi connectivity index (χ2v) is 6.73. The van der Waals surface area contributed by atoms with E-state index in [-0.39, 0.29) is 11.8 Å². The molecule has 132 valence electrons. The van der Waals surface area contributed by atoms with Gasteiger partial charge in [-0.25, -0.2) is 9.97 Å². The van der Waals surface area contributed by atoms with Crippen LogP contribution < -0.4 is 0 Å². The lowest BCUT2D eigenvalue weighted by atomic mass is 9.94. The smallest absolute Gasteiger partial charge is 0.227 e. The Morgan fingerprint density at radius 1 is 1.12 bits per heavy atom. The number of aromatic nitrogens is 3. The number of nitrogens with zero attached hydrogens (tertiary/aromatic N) is 4. The molecule has 1 fully saturated rings. The number of pyridine rings is 1. The molecule has 0 unspecified atom stereocenters. The van der Waals surface area contributed by atoms with Crippen molar-refractivity contribution < 1.29 is 4.79 Å². The fraction of sp³-hybridized carbons (Fsp3) is 0.286. The molecule has 5 heteroatoms. The predicted octanol–water partition coefficient (Wildman–Crippen LogP) is 3.22.